The molecule has 10 heteroatoms. The van der Waals surface area contributed by atoms with E-state index in [-0.39, 0.29) is 17.2 Å². The molecule has 3 heterocycles. The van der Waals surface area contributed by atoms with Gasteiger partial charge in [-0.3, -0.25) is 19.3 Å². The van der Waals surface area contributed by atoms with E-state index >= 15 is 0 Å². The highest BCUT2D eigenvalue weighted by atomic mass is 16.3. The van der Waals surface area contributed by atoms with E-state index in [4.69, 9.17) is 0 Å². The third-order valence-corrected chi connectivity index (χ3v) is 6.21. The van der Waals surface area contributed by atoms with Gasteiger partial charge in [-0.05, 0) is 20.8 Å². The summed E-state index contributed by atoms with van der Waals surface area (Å²) in [6.07, 6.45) is 4.93. The van der Waals surface area contributed by atoms with E-state index < -0.39 is 16.3 Å². The van der Waals surface area contributed by atoms with Gasteiger partial charge in [0.15, 0.2) is 17.2 Å². The quantitative estimate of drug-likeness (QED) is 0.424. The van der Waals surface area contributed by atoms with Crippen LogP contribution in [0.2, 0.25) is 0 Å². The molecule has 0 amide bonds. The number of hydrogen-bond acceptors (Lipinski definition) is 7. The molecular formula is C24H30N4O6. The minimum atomic E-state index is -0.424. The van der Waals surface area contributed by atoms with Gasteiger partial charge in [-0.2, -0.15) is 0 Å². The van der Waals surface area contributed by atoms with E-state index in [1.807, 2.05) is 0 Å². The lowest BCUT2D eigenvalue weighted by atomic mass is 10.3. The smallest absolute Gasteiger partial charge is 0.223 e. The van der Waals surface area contributed by atoms with Gasteiger partial charge in [0.05, 0.1) is 17.1 Å². The Hall–Kier alpha value is -3.79. The van der Waals surface area contributed by atoms with E-state index in [9.17, 15) is 29.7 Å². The molecule has 3 aromatic rings. The normalized spacial score (nSPS) is 11.3. The maximum atomic E-state index is 11.7. The van der Waals surface area contributed by atoms with Gasteiger partial charge in [0.2, 0.25) is 16.3 Å². The second-order valence-corrected chi connectivity index (χ2v) is 8.26. The fourth-order valence-electron chi connectivity index (χ4n) is 3.80. The van der Waals surface area contributed by atoms with Crippen molar-refractivity contribution in [1.82, 2.24) is 18.6 Å². The molecule has 0 spiro atoms. The SMILES string of the molecule is Cc1c(O)c(=O)ccn1CCN(CCn1ccc(=O)c(O)c1C)CCn1ccc(=O)c(O)c1C. The first kappa shape index (κ1) is 24.8. The van der Waals surface area contributed by atoms with Gasteiger partial charge in [0, 0.05) is 76.1 Å². The van der Waals surface area contributed by atoms with E-state index in [0.717, 1.165) is 0 Å². The molecule has 0 aliphatic rings. The topological polar surface area (TPSA) is 130 Å². The van der Waals surface area contributed by atoms with Crippen LogP contribution in [0.3, 0.4) is 0 Å². The zero-order valence-corrected chi connectivity index (χ0v) is 19.6. The summed E-state index contributed by atoms with van der Waals surface area (Å²) in [5.41, 5.74) is 0.173. The van der Waals surface area contributed by atoms with E-state index in [2.05, 4.69) is 4.90 Å². The second kappa shape index (κ2) is 10.4. The molecule has 0 fully saturated rings. The number of rotatable bonds is 9. The molecule has 10 nitrogen and oxygen atoms in total. The van der Waals surface area contributed by atoms with Crippen molar-refractivity contribution in [3.8, 4) is 17.2 Å². The first-order valence-corrected chi connectivity index (χ1v) is 11.0. The van der Waals surface area contributed by atoms with Gasteiger partial charge in [0.1, 0.15) is 0 Å². The number of aromatic nitrogens is 3. The maximum absolute atomic E-state index is 11.7. The Morgan fingerprint density at radius 3 is 1.12 bits per heavy atom. The van der Waals surface area contributed by atoms with Crippen molar-refractivity contribution in [2.75, 3.05) is 19.6 Å². The third-order valence-electron chi connectivity index (χ3n) is 6.21. The van der Waals surface area contributed by atoms with Gasteiger partial charge >= 0.3 is 0 Å². The summed E-state index contributed by atoms with van der Waals surface area (Å²) in [7, 11) is 0. The summed E-state index contributed by atoms with van der Waals surface area (Å²) < 4.78 is 5.41. The number of pyridine rings is 3. The van der Waals surface area contributed by atoms with Crippen molar-refractivity contribution < 1.29 is 15.3 Å². The predicted molar refractivity (Wildman–Crippen MR) is 128 cm³/mol. The van der Waals surface area contributed by atoms with Crippen LogP contribution in [0.1, 0.15) is 17.1 Å². The largest absolute Gasteiger partial charge is 0.503 e. The fourth-order valence-corrected chi connectivity index (χ4v) is 3.80. The minimum absolute atomic E-state index is 0.271. The average molecular weight is 471 g/mol. The standard InChI is InChI=1S/C24H30N4O6/c1-16-22(32)19(29)4-7-26(16)13-10-25(11-14-27-8-5-20(30)23(33)17(27)2)12-15-28-9-6-21(31)24(34)18(28)3/h4-9,32-34H,10-15H2,1-3H3. The van der Waals surface area contributed by atoms with Crippen LogP contribution in [-0.2, 0) is 19.6 Å². The zero-order chi connectivity index (χ0) is 25.0. The highest BCUT2D eigenvalue weighted by Gasteiger charge is 2.12. The molecule has 0 atom stereocenters. The molecule has 34 heavy (non-hydrogen) atoms. The zero-order valence-electron chi connectivity index (χ0n) is 19.6. The number of aromatic hydroxyl groups is 3. The van der Waals surface area contributed by atoms with Gasteiger partial charge in [-0.25, -0.2) is 0 Å². The molecule has 0 saturated heterocycles. The first-order chi connectivity index (χ1) is 16.1. The molecule has 182 valence electrons. The van der Waals surface area contributed by atoms with Crippen LogP contribution < -0.4 is 16.3 Å². The average Bonchev–Trinajstić information content (AvgIpc) is 2.82. The highest BCUT2D eigenvalue weighted by molar-refractivity contribution is 5.26. The first-order valence-electron chi connectivity index (χ1n) is 11.0. The number of hydrogen-bond donors (Lipinski definition) is 3. The van der Waals surface area contributed by atoms with Crippen LogP contribution in [-0.4, -0.2) is 53.6 Å². The van der Waals surface area contributed by atoms with Crippen LogP contribution in [0.4, 0.5) is 0 Å². The minimum Gasteiger partial charge on any atom is -0.503 e. The Morgan fingerprint density at radius 2 is 0.853 bits per heavy atom. The van der Waals surface area contributed by atoms with Crippen LogP contribution in [0.5, 0.6) is 17.2 Å². The predicted octanol–water partition coefficient (Wildman–Crippen LogP) is 0.916. The molecule has 0 unspecified atom stereocenters. The highest BCUT2D eigenvalue weighted by Crippen LogP contribution is 2.12. The van der Waals surface area contributed by atoms with Crippen molar-refractivity contribution in [2.45, 2.75) is 40.4 Å². The van der Waals surface area contributed by atoms with Gasteiger partial charge in [-0.1, -0.05) is 0 Å². The molecule has 3 rings (SSSR count). The lowest BCUT2D eigenvalue weighted by Gasteiger charge is -2.26. The van der Waals surface area contributed by atoms with E-state index in [1.165, 1.54) is 18.2 Å². The lowest BCUT2D eigenvalue weighted by molar-refractivity contribution is 0.239. The van der Waals surface area contributed by atoms with E-state index in [1.54, 1.807) is 53.1 Å². The summed E-state index contributed by atoms with van der Waals surface area (Å²) in [4.78, 5) is 37.1. The summed E-state index contributed by atoms with van der Waals surface area (Å²) in [5, 5.41) is 29.9. The summed E-state index contributed by atoms with van der Waals surface area (Å²) in [6, 6.07) is 3.98. The van der Waals surface area contributed by atoms with Crippen molar-refractivity contribution in [2.24, 2.45) is 0 Å². The Labute approximate surface area is 196 Å². The molecule has 0 aliphatic carbocycles. The summed E-state index contributed by atoms with van der Waals surface area (Å²) in [5.74, 6) is -0.812. The van der Waals surface area contributed by atoms with Crippen LogP contribution in [0, 0.1) is 20.8 Å². The van der Waals surface area contributed by atoms with Crippen molar-refractivity contribution in [3.05, 3.63) is 84.5 Å². The Morgan fingerprint density at radius 1 is 0.588 bits per heavy atom. The van der Waals surface area contributed by atoms with E-state index in [0.29, 0.717) is 56.4 Å². The molecule has 0 radical (unpaired) electrons. The fraction of sp³-hybridized carbons (Fsp3) is 0.375. The molecular weight excluding hydrogens is 440 g/mol. The van der Waals surface area contributed by atoms with Crippen LogP contribution in [0.15, 0.2) is 51.2 Å². The summed E-state index contributed by atoms with van der Waals surface area (Å²) in [6.45, 7) is 8.34. The number of nitrogens with zero attached hydrogens (tertiary/aromatic N) is 4. The van der Waals surface area contributed by atoms with Crippen molar-refractivity contribution in [1.29, 1.82) is 0 Å². The van der Waals surface area contributed by atoms with Crippen molar-refractivity contribution >= 4 is 0 Å². The van der Waals surface area contributed by atoms with Gasteiger partial charge in [-0.15, -0.1) is 0 Å². The molecule has 0 aliphatic heterocycles. The monoisotopic (exact) mass is 470 g/mol. The summed E-state index contributed by atoms with van der Waals surface area (Å²) >= 11 is 0. The van der Waals surface area contributed by atoms with Gasteiger partial charge in [0.25, 0.3) is 0 Å². The molecule has 3 N–H and O–H groups in total. The molecule has 0 bridgehead atoms. The maximum Gasteiger partial charge on any atom is 0.223 e. The molecule has 0 aromatic carbocycles. The lowest BCUT2D eigenvalue weighted by Crippen LogP contribution is -2.34. The molecule has 3 aromatic heterocycles. The van der Waals surface area contributed by atoms with Crippen LogP contribution in [0.25, 0.3) is 0 Å². The molecule has 0 saturated carbocycles. The second-order valence-electron chi connectivity index (χ2n) is 8.26. The Balaban J connectivity index is 1.78. The van der Waals surface area contributed by atoms with Gasteiger partial charge < -0.3 is 29.0 Å². The Bertz CT molecular complexity index is 1190. The van der Waals surface area contributed by atoms with Crippen LogP contribution >= 0.6 is 0 Å². The third kappa shape index (κ3) is 5.40. The van der Waals surface area contributed by atoms with Crippen molar-refractivity contribution in [3.63, 3.8) is 0 Å². The Kier molecular flexibility index (Phi) is 7.62.